The summed E-state index contributed by atoms with van der Waals surface area (Å²) >= 11 is 0. The minimum Gasteiger partial charge on any atom is -0.494 e. The predicted octanol–water partition coefficient (Wildman–Crippen LogP) is 7.28. The van der Waals surface area contributed by atoms with E-state index < -0.39 is 17.9 Å². The summed E-state index contributed by atoms with van der Waals surface area (Å²) in [7, 11) is 1.53. The fourth-order valence-electron chi connectivity index (χ4n) is 3.63. The lowest BCUT2D eigenvalue weighted by Gasteiger charge is -2.12. The van der Waals surface area contributed by atoms with E-state index in [0.717, 1.165) is 63.5 Å². The molecular formula is C34H46O9. The molecule has 0 unspecified atom stereocenters. The first kappa shape index (κ1) is 36.8. The Morgan fingerprint density at radius 2 is 1.12 bits per heavy atom. The Labute approximate surface area is 255 Å². The van der Waals surface area contributed by atoms with Crippen LogP contribution in [-0.2, 0) is 19.1 Å². The SMILES string of the molecule is C=CC(=O)OCCCCCCOc1ccc(C(=O)Oc2ccc(OCCCCCCOC(=O)C=C)c(OC)c2)cc1.CC. The highest BCUT2D eigenvalue weighted by Gasteiger charge is 2.12. The van der Waals surface area contributed by atoms with E-state index in [1.54, 1.807) is 42.5 Å². The fraction of sp³-hybridized carbons (Fsp3) is 0.441. The summed E-state index contributed by atoms with van der Waals surface area (Å²) in [6.07, 6.45) is 9.37. The Morgan fingerprint density at radius 1 is 0.628 bits per heavy atom. The third kappa shape index (κ3) is 16.1. The van der Waals surface area contributed by atoms with Gasteiger partial charge in [0.25, 0.3) is 0 Å². The zero-order valence-electron chi connectivity index (χ0n) is 25.8. The van der Waals surface area contributed by atoms with Gasteiger partial charge in [-0.1, -0.05) is 27.0 Å². The molecule has 0 aliphatic rings. The van der Waals surface area contributed by atoms with Crippen molar-refractivity contribution >= 4 is 17.9 Å². The molecule has 0 aliphatic carbocycles. The highest BCUT2D eigenvalue weighted by molar-refractivity contribution is 5.91. The first-order valence-corrected chi connectivity index (χ1v) is 14.8. The highest BCUT2D eigenvalue weighted by atomic mass is 16.5. The summed E-state index contributed by atoms with van der Waals surface area (Å²) < 4.78 is 32.4. The fourth-order valence-corrected chi connectivity index (χ4v) is 3.63. The molecule has 0 heterocycles. The number of unbranched alkanes of at least 4 members (excludes halogenated alkanes) is 6. The van der Waals surface area contributed by atoms with Crippen molar-refractivity contribution in [2.24, 2.45) is 0 Å². The second-order valence-electron chi connectivity index (χ2n) is 9.00. The molecule has 2 rings (SSSR count). The number of esters is 3. The molecule has 0 aromatic heterocycles. The lowest BCUT2D eigenvalue weighted by Crippen LogP contribution is -2.09. The lowest BCUT2D eigenvalue weighted by molar-refractivity contribution is -0.138. The molecule has 2 aromatic rings. The number of carbonyl (C=O) groups is 3. The quantitative estimate of drug-likeness (QED) is 0.0634. The molecule has 0 bridgehead atoms. The van der Waals surface area contributed by atoms with Gasteiger partial charge in [0.15, 0.2) is 11.5 Å². The highest BCUT2D eigenvalue weighted by Crippen LogP contribution is 2.32. The first-order chi connectivity index (χ1) is 21.0. The van der Waals surface area contributed by atoms with Crippen LogP contribution in [-0.4, -0.2) is 51.4 Å². The van der Waals surface area contributed by atoms with Crippen molar-refractivity contribution in [3.63, 3.8) is 0 Å². The van der Waals surface area contributed by atoms with E-state index in [4.69, 9.17) is 28.4 Å². The average Bonchev–Trinajstić information content (AvgIpc) is 3.04. The van der Waals surface area contributed by atoms with Crippen molar-refractivity contribution in [2.75, 3.05) is 33.5 Å². The molecule has 43 heavy (non-hydrogen) atoms. The second-order valence-corrected chi connectivity index (χ2v) is 9.00. The first-order valence-electron chi connectivity index (χ1n) is 14.8. The topological polar surface area (TPSA) is 107 Å². The summed E-state index contributed by atoms with van der Waals surface area (Å²) in [5.41, 5.74) is 0.393. The molecule has 9 nitrogen and oxygen atoms in total. The number of carbonyl (C=O) groups excluding carboxylic acids is 3. The molecule has 0 aliphatic heterocycles. The van der Waals surface area contributed by atoms with Crippen LogP contribution in [0.1, 0.15) is 75.6 Å². The monoisotopic (exact) mass is 598 g/mol. The number of methoxy groups -OCH3 is 1. The molecule has 0 spiro atoms. The minimum atomic E-state index is -0.497. The number of ether oxygens (including phenoxy) is 6. The van der Waals surface area contributed by atoms with Gasteiger partial charge in [-0.05, 0) is 87.8 Å². The van der Waals surface area contributed by atoms with Crippen LogP contribution in [0.3, 0.4) is 0 Å². The van der Waals surface area contributed by atoms with Gasteiger partial charge in [0.05, 0.1) is 39.1 Å². The smallest absolute Gasteiger partial charge is 0.343 e. The summed E-state index contributed by atoms with van der Waals surface area (Å²) in [5.74, 6) is 0.736. The summed E-state index contributed by atoms with van der Waals surface area (Å²) in [6.45, 7) is 12.6. The molecule has 0 radical (unpaired) electrons. The van der Waals surface area contributed by atoms with Gasteiger partial charge >= 0.3 is 17.9 Å². The van der Waals surface area contributed by atoms with Crippen LogP contribution < -0.4 is 18.9 Å². The number of hydrogen-bond donors (Lipinski definition) is 0. The maximum absolute atomic E-state index is 12.6. The van der Waals surface area contributed by atoms with Crippen LogP contribution in [0.15, 0.2) is 67.8 Å². The van der Waals surface area contributed by atoms with Crippen LogP contribution in [0.25, 0.3) is 0 Å². The maximum atomic E-state index is 12.6. The molecule has 2 aromatic carbocycles. The third-order valence-corrected chi connectivity index (χ3v) is 5.86. The molecule has 0 saturated heterocycles. The van der Waals surface area contributed by atoms with Crippen LogP contribution in [0.5, 0.6) is 23.0 Å². The Bertz CT molecular complexity index is 1110. The number of benzene rings is 2. The molecule has 0 atom stereocenters. The van der Waals surface area contributed by atoms with Gasteiger partial charge in [-0.25, -0.2) is 14.4 Å². The van der Waals surface area contributed by atoms with Gasteiger partial charge in [-0.15, -0.1) is 0 Å². The lowest BCUT2D eigenvalue weighted by atomic mass is 10.2. The third-order valence-electron chi connectivity index (χ3n) is 5.86. The van der Waals surface area contributed by atoms with Crippen LogP contribution >= 0.6 is 0 Å². The Morgan fingerprint density at radius 3 is 1.63 bits per heavy atom. The van der Waals surface area contributed by atoms with Crippen molar-refractivity contribution in [3.8, 4) is 23.0 Å². The van der Waals surface area contributed by atoms with Crippen LogP contribution in [0, 0.1) is 0 Å². The molecule has 0 saturated carbocycles. The van der Waals surface area contributed by atoms with Crippen molar-refractivity contribution in [2.45, 2.75) is 65.2 Å². The summed E-state index contributed by atoms with van der Waals surface area (Å²) in [5, 5.41) is 0. The second kappa shape index (κ2) is 23.3. The Kier molecular flexibility index (Phi) is 19.9. The van der Waals surface area contributed by atoms with Gasteiger partial charge in [-0.2, -0.15) is 0 Å². The molecule has 0 fully saturated rings. The van der Waals surface area contributed by atoms with Gasteiger partial charge in [0.2, 0.25) is 0 Å². The number of hydrogen-bond acceptors (Lipinski definition) is 9. The van der Waals surface area contributed by atoms with Crippen molar-refractivity contribution in [3.05, 3.63) is 73.3 Å². The standard InChI is InChI=1S/C32H40O9.C2H6/c1-4-30(33)39-22-12-8-6-10-20-37-26-16-14-25(15-17-26)32(35)41-27-18-19-28(29(24-27)36-3)38-21-11-7-9-13-23-40-31(34)5-2;1-2/h4-5,14-19,24H,1-2,6-13,20-23H2,3H3;1-2H3. The van der Waals surface area contributed by atoms with E-state index in [2.05, 4.69) is 13.2 Å². The van der Waals surface area contributed by atoms with Crippen molar-refractivity contribution < 1.29 is 42.8 Å². The van der Waals surface area contributed by atoms with E-state index in [-0.39, 0.29) is 0 Å². The zero-order chi connectivity index (χ0) is 31.7. The minimum absolute atomic E-state index is 0.341. The van der Waals surface area contributed by atoms with E-state index in [1.165, 1.54) is 7.11 Å². The average molecular weight is 599 g/mol. The van der Waals surface area contributed by atoms with E-state index in [0.29, 0.717) is 55.0 Å². The predicted molar refractivity (Wildman–Crippen MR) is 166 cm³/mol. The van der Waals surface area contributed by atoms with E-state index >= 15 is 0 Å². The normalized spacial score (nSPS) is 9.93. The van der Waals surface area contributed by atoms with Crippen LogP contribution in [0.4, 0.5) is 0 Å². The summed E-state index contributed by atoms with van der Waals surface area (Å²) in [6, 6.07) is 11.8. The van der Waals surface area contributed by atoms with Gasteiger partial charge in [0.1, 0.15) is 11.5 Å². The van der Waals surface area contributed by atoms with E-state index in [1.807, 2.05) is 13.8 Å². The van der Waals surface area contributed by atoms with Gasteiger partial charge in [-0.3, -0.25) is 0 Å². The number of rotatable bonds is 21. The summed E-state index contributed by atoms with van der Waals surface area (Å²) in [4.78, 5) is 34.6. The van der Waals surface area contributed by atoms with Gasteiger partial charge < -0.3 is 28.4 Å². The molecule has 9 heteroatoms. The zero-order valence-corrected chi connectivity index (χ0v) is 25.8. The molecule has 0 amide bonds. The van der Waals surface area contributed by atoms with Gasteiger partial charge in [0, 0.05) is 18.2 Å². The largest absolute Gasteiger partial charge is 0.494 e. The maximum Gasteiger partial charge on any atom is 0.343 e. The van der Waals surface area contributed by atoms with Crippen molar-refractivity contribution in [1.82, 2.24) is 0 Å². The molecule has 236 valence electrons. The Hall–Kier alpha value is -4.27. The van der Waals surface area contributed by atoms with Crippen LogP contribution in [0.2, 0.25) is 0 Å². The van der Waals surface area contributed by atoms with E-state index in [9.17, 15) is 14.4 Å². The Balaban J connectivity index is 0.00000452. The van der Waals surface area contributed by atoms with Crippen molar-refractivity contribution in [1.29, 1.82) is 0 Å². The molecular weight excluding hydrogens is 552 g/mol. The molecule has 0 N–H and O–H groups in total.